The zero-order valence-corrected chi connectivity index (χ0v) is 25.5. The van der Waals surface area contributed by atoms with Gasteiger partial charge in [-0.3, -0.25) is 4.79 Å². The first-order valence-corrected chi connectivity index (χ1v) is 14.8. The molecule has 8 nitrogen and oxygen atoms in total. The van der Waals surface area contributed by atoms with Crippen molar-refractivity contribution in [3.05, 3.63) is 60.2 Å². The number of rotatable bonds is 10. The molecule has 5 atom stereocenters. The van der Waals surface area contributed by atoms with E-state index in [4.69, 9.17) is 14.0 Å². The predicted molar refractivity (Wildman–Crippen MR) is 163 cm³/mol. The van der Waals surface area contributed by atoms with E-state index in [1.165, 1.54) is 0 Å². The molecule has 3 amide bonds. The van der Waals surface area contributed by atoms with E-state index in [1.54, 1.807) is 31.4 Å². The summed E-state index contributed by atoms with van der Waals surface area (Å²) in [6.45, 7) is 13.2. The number of hydrogen-bond acceptors (Lipinski definition) is 5. The molecule has 0 bridgehead atoms. The molecule has 41 heavy (non-hydrogen) atoms. The van der Waals surface area contributed by atoms with Crippen molar-refractivity contribution in [2.24, 2.45) is 17.3 Å². The average molecular weight is 564 g/mol. The fourth-order valence-corrected chi connectivity index (χ4v) is 6.14. The van der Waals surface area contributed by atoms with Crippen molar-refractivity contribution >= 4 is 24.7 Å². The molecule has 1 aliphatic carbocycles. The normalized spacial score (nSPS) is 24.7. The second kappa shape index (κ2) is 12.9. The molecule has 0 aromatic heterocycles. The predicted octanol–water partition coefficient (Wildman–Crippen LogP) is 5.62. The Hall–Kier alpha value is -3.04. The first-order valence-electron chi connectivity index (χ1n) is 14.8. The van der Waals surface area contributed by atoms with Gasteiger partial charge >= 0.3 is 13.1 Å². The Bertz CT molecular complexity index is 1180. The van der Waals surface area contributed by atoms with E-state index in [2.05, 4.69) is 57.5 Å². The van der Waals surface area contributed by atoms with Gasteiger partial charge in [-0.15, -0.1) is 0 Å². The van der Waals surface area contributed by atoms with Crippen molar-refractivity contribution in [1.82, 2.24) is 10.6 Å². The smallest absolute Gasteiger partial charge is 0.481 e. The van der Waals surface area contributed by atoms with Crippen LogP contribution in [0.25, 0.3) is 0 Å². The lowest BCUT2D eigenvalue weighted by atomic mass is 9.61. The zero-order chi connectivity index (χ0) is 29.8. The van der Waals surface area contributed by atoms with E-state index >= 15 is 0 Å². The zero-order valence-electron chi connectivity index (χ0n) is 25.5. The van der Waals surface area contributed by atoms with Crippen molar-refractivity contribution in [2.45, 2.75) is 90.9 Å². The third-order valence-corrected chi connectivity index (χ3v) is 9.02. The van der Waals surface area contributed by atoms with Gasteiger partial charge in [0.1, 0.15) is 11.8 Å². The van der Waals surface area contributed by atoms with Crippen molar-refractivity contribution in [1.29, 1.82) is 0 Å². The summed E-state index contributed by atoms with van der Waals surface area (Å²) in [6.07, 6.45) is 3.00. The Morgan fingerprint density at radius 2 is 1.73 bits per heavy atom. The van der Waals surface area contributed by atoms with E-state index in [-0.39, 0.29) is 23.4 Å². The van der Waals surface area contributed by atoms with Crippen LogP contribution in [0.3, 0.4) is 0 Å². The summed E-state index contributed by atoms with van der Waals surface area (Å²) in [5.41, 5.74) is 1.28. The third-order valence-electron chi connectivity index (χ3n) is 9.02. The first-order chi connectivity index (χ1) is 19.4. The summed E-state index contributed by atoms with van der Waals surface area (Å²) in [5, 5.41) is 8.96. The molecule has 2 fully saturated rings. The Kier molecular flexibility index (Phi) is 9.70. The monoisotopic (exact) mass is 563 g/mol. The largest absolute Gasteiger partial charge is 0.497 e. The SMILES string of the molecule is COc1ccc(NC(=O)[C@H](Cc2ccccc2)NC(=O)N[C@@H](CC(C)C)B2OC3CCC(C)(C)[C@@H](C)[C@@]3(C)O2)cc1. The molecule has 2 aliphatic rings. The molecule has 9 heteroatoms. The topological polar surface area (TPSA) is 97.9 Å². The number of nitrogens with one attached hydrogen (secondary N) is 3. The molecule has 4 rings (SSSR count). The number of carbonyl (C=O) groups is 2. The highest BCUT2D eigenvalue weighted by atomic mass is 16.7. The van der Waals surface area contributed by atoms with Crippen LogP contribution in [0.5, 0.6) is 5.75 Å². The molecular formula is C32H46BN3O5. The van der Waals surface area contributed by atoms with Gasteiger partial charge in [-0.2, -0.15) is 0 Å². The first kappa shape index (κ1) is 30.9. The third kappa shape index (κ3) is 7.43. The standard InChI is InChI=1S/C32H46BN3O5/c1-21(2)19-28(33-40-27-17-18-31(4,5)22(3)32(27,6)41-33)36-30(38)35-26(20-23-11-9-8-10-12-23)29(37)34-24-13-15-25(39-7)16-14-24/h8-16,21-22,26-28H,17-20H2,1-7H3,(H,34,37)(H2,35,36,38)/t22-,26+,27?,28+,32-/m1/s1. The van der Waals surface area contributed by atoms with Crippen LogP contribution in [0.4, 0.5) is 10.5 Å². The number of benzene rings is 2. The number of ether oxygens (including phenoxy) is 1. The fourth-order valence-electron chi connectivity index (χ4n) is 6.14. The number of hydrogen-bond donors (Lipinski definition) is 3. The second-order valence-corrected chi connectivity index (χ2v) is 12.9. The van der Waals surface area contributed by atoms with E-state index in [0.29, 0.717) is 36.1 Å². The van der Waals surface area contributed by atoms with Crippen LogP contribution in [0.15, 0.2) is 54.6 Å². The van der Waals surface area contributed by atoms with Crippen molar-refractivity contribution < 1.29 is 23.6 Å². The van der Waals surface area contributed by atoms with Crippen LogP contribution >= 0.6 is 0 Å². The molecule has 0 radical (unpaired) electrons. The lowest BCUT2D eigenvalue weighted by molar-refractivity contribution is -0.117. The highest BCUT2D eigenvalue weighted by Gasteiger charge is 2.59. The summed E-state index contributed by atoms with van der Waals surface area (Å²) in [7, 11) is 1.03. The molecule has 1 saturated carbocycles. The minimum atomic E-state index is -0.800. The van der Waals surface area contributed by atoms with Crippen LogP contribution in [0, 0.1) is 17.3 Å². The minimum absolute atomic E-state index is 0.0175. The Morgan fingerprint density at radius 3 is 2.37 bits per heavy atom. The maximum Gasteiger partial charge on any atom is 0.481 e. The maximum absolute atomic E-state index is 13.5. The lowest BCUT2D eigenvalue weighted by Gasteiger charge is -2.49. The molecule has 1 heterocycles. The molecule has 1 saturated heterocycles. The second-order valence-electron chi connectivity index (χ2n) is 12.9. The summed E-state index contributed by atoms with van der Waals surface area (Å²) >= 11 is 0. The van der Waals surface area contributed by atoms with Crippen LogP contribution in [-0.4, -0.2) is 49.9 Å². The maximum atomic E-state index is 13.5. The van der Waals surface area contributed by atoms with Crippen molar-refractivity contribution in [3.8, 4) is 5.75 Å². The quantitative estimate of drug-likeness (QED) is 0.326. The molecule has 222 valence electrons. The summed E-state index contributed by atoms with van der Waals surface area (Å²) in [4.78, 5) is 26.9. The highest BCUT2D eigenvalue weighted by Crippen LogP contribution is 2.51. The summed E-state index contributed by atoms with van der Waals surface area (Å²) in [5.74, 6) is 0.618. The molecular weight excluding hydrogens is 517 g/mol. The Morgan fingerprint density at radius 1 is 1.05 bits per heavy atom. The van der Waals surface area contributed by atoms with Crippen LogP contribution < -0.4 is 20.7 Å². The Labute approximate surface area is 245 Å². The van der Waals surface area contributed by atoms with Gasteiger partial charge in [0.25, 0.3) is 0 Å². The lowest BCUT2D eigenvalue weighted by Crippen LogP contribution is -2.56. The number of amides is 3. The molecule has 1 unspecified atom stereocenters. The van der Waals surface area contributed by atoms with E-state index in [9.17, 15) is 9.59 Å². The fraction of sp³-hybridized carbons (Fsp3) is 0.562. The number of methoxy groups -OCH3 is 1. The van der Waals surface area contributed by atoms with Crippen molar-refractivity contribution in [2.75, 3.05) is 12.4 Å². The molecule has 0 spiro atoms. The van der Waals surface area contributed by atoms with Gasteiger partial charge in [0.2, 0.25) is 5.91 Å². The average Bonchev–Trinajstić information content (AvgIpc) is 3.29. The molecule has 2 aromatic carbocycles. The van der Waals surface area contributed by atoms with Crippen LogP contribution in [0.1, 0.15) is 66.4 Å². The number of urea groups is 1. The molecule has 3 N–H and O–H groups in total. The van der Waals surface area contributed by atoms with Crippen LogP contribution in [0.2, 0.25) is 0 Å². The summed E-state index contributed by atoms with van der Waals surface area (Å²) in [6, 6.07) is 15.5. The van der Waals surface area contributed by atoms with E-state index in [1.807, 2.05) is 30.3 Å². The molecule has 2 aromatic rings. The van der Waals surface area contributed by atoms with Gasteiger partial charge in [-0.25, -0.2) is 4.79 Å². The van der Waals surface area contributed by atoms with Gasteiger partial charge < -0.3 is 30.0 Å². The van der Waals surface area contributed by atoms with Crippen molar-refractivity contribution in [3.63, 3.8) is 0 Å². The van der Waals surface area contributed by atoms with E-state index < -0.39 is 24.8 Å². The number of anilines is 1. The van der Waals surface area contributed by atoms with Crippen LogP contribution in [-0.2, 0) is 20.5 Å². The van der Waals surface area contributed by atoms with Gasteiger partial charge in [-0.05, 0) is 73.3 Å². The van der Waals surface area contributed by atoms with E-state index in [0.717, 1.165) is 18.4 Å². The minimum Gasteiger partial charge on any atom is -0.497 e. The number of fused-ring (bicyclic) bond motifs is 1. The van der Waals surface area contributed by atoms with Gasteiger partial charge in [0.15, 0.2) is 0 Å². The molecule has 1 aliphatic heterocycles. The Balaban J connectivity index is 1.48. The van der Waals surface area contributed by atoms with Gasteiger partial charge in [-0.1, -0.05) is 65.0 Å². The van der Waals surface area contributed by atoms with Gasteiger partial charge in [0, 0.05) is 12.1 Å². The van der Waals surface area contributed by atoms with Gasteiger partial charge in [0.05, 0.1) is 24.8 Å². The summed E-state index contributed by atoms with van der Waals surface area (Å²) < 4.78 is 18.4. The highest BCUT2D eigenvalue weighted by molar-refractivity contribution is 6.47. The number of carbonyl (C=O) groups excluding carboxylic acids is 2.